The second kappa shape index (κ2) is 2.60. The van der Waals surface area contributed by atoms with Gasteiger partial charge in [0, 0.05) is 0 Å². The van der Waals surface area contributed by atoms with E-state index in [2.05, 4.69) is 6.92 Å². The molecule has 2 nitrogen and oxygen atoms in total. The fraction of sp³-hybridized carbons (Fsp3) is 0.125. The largest absolute Gasteiger partial charge is 0.508 e. The van der Waals surface area contributed by atoms with Crippen molar-refractivity contribution in [3.05, 3.63) is 30.7 Å². The number of benzene rings is 1. The van der Waals surface area contributed by atoms with Gasteiger partial charge >= 0.3 is 0 Å². The molecule has 1 N–H and O–H groups in total. The molecular formula is C8H9O2. The maximum absolute atomic E-state index is 9.02. The van der Waals surface area contributed by atoms with Crippen LogP contribution in [0.15, 0.2) is 18.2 Å². The van der Waals surface area contributed by atoms with Gasteiger partial charge in [0.2, 0.25) is 0 Å². The Balaban J connectivity index is 3.04. The summed E-state index contributed by atoms with van der Waals surface area (Å²) in [5.41, 5.74) is 0.583. The predicted octanol–water partition coefficient (Wildman–Crippen LogP) is 1.58. The van der Waals surface area contributed by atoms with Gasteiger partial charge in [-0.05, 0) is 30.7 Å². The van der Waals surface area contributed by atoms with Crippen molar-refractivity contribution in [3.63, 3.8) is 0 Å². The molecule has 53 valence electrons. The molecule has 10 heavy (non-hydrogen) atoms. The van der Waals surface area contributed by atoms with E-state index in [1.807, 2.05) is 0 Å². The number of phenols is 1. The summed E-state index contributed by atoms with van der Waals surface area (Å²) in [4.78, 5) is 0. The van der Waals surface area contributed by atoms with Crippen LogP contribution in [0.1, 0.15) is 5.56 Å². The van der Waals surface area contributed by atoms with Crippen molar-refractivity contribution in [1.29, 1.82) is 0 Å². The quantitative estimate of drug-likeness (QED) is 0.636. The summed E-state index contributed by atoms with van der Waals surface area (Å²) in [6.07, 6.45) is 0. The molecule has 0 fully saturated rings. The highest BCUT2D eigenvalue weighted by atomic mass is 16.5. The molecule has 1 rings (SSSR count). The van der Waals surface area contributed by atoms with Crippen LogP contribution in [0.4, 0.5) is 0 Å². The lowest BCUT2D eigenvalue weighted by molar-refractivity contribution is 0.412. The molecule has 0 aliphatic heterocycles. The number of rotatable bonds is 1. The van der Waals surface area contributed by atoms with E-state index >= 15 is 0 Å². The number of hydrogen-bond acceptors (Lipinski definition) is 2. The van der Waals surface area contributed by atoms with Crippen LogP contribution >= 0.6 is 0 Å². The zero-order chi connectivity index (χ0) is 7.56. The lowest BCUT2D eigenvalue weighted by atomic mass is 10.2. The van der Waals surface area contributed by atoms with E-state index in [0.29, 0.717) is 11.3 Å². The minimum atomic E-state index is 0.195. The maximum atomic E-state index is 9.02. The molecule has 0 saturated carbocycles. The zero-order valence-corrected chi connectivity index (χ0v) is 5.79. The molecule has 0 unspecified atom stereocenters. The Morgan fingerprint density at radius 2 is 2.20 bits per heavy atom. The molecule has 1 radical (unpaired) electrons. The molecule has 2 heteroatoms. The van der Waals surface area contributed by atoms with E-state index in [4.69, 9.17) is 9.84 Å². The van der Waals surface area contributed by atoms with Crippen LogP contribution in [0.3, 0.4) is 0 Å². The van der Waals surface area contributed by atoms with Crippen LogP contribution < -0.4 is 4.74 Å². The lowest BCUT2D eigenvalue weighted by Gasteiger charge is -2.01. The molecule has 0 aliphatic carbocycles. The Labute approximate surface area is 60.1 Å². The molecule has 0 saturated heterocycles. The second-order valence-electron chi connectivity index (χ2n) is 1.99. The Kier molecular flexibility index (Phi) is 1.81. The maximum Gasteiger partial charge on any atom is 0.119 e. The number of hydrogen-bond donors (Lipinski definition) is 1. The van der Waals surface area contributed by atoms with Crippen molar-refractivity contribution in [3.8, 4) is 11.5 Å². The molecule has 1 aromatic carbocycles. The van der Waals surface area contributed by atoms with Gasteiger partial charge in [-0.2, -0.15) is 0 Å². The van der Waals surface area contributed by atoms with Crippen molar-refractivity contribution in [2.45, 2.75) is 0 Å². The standard InChI is InChI=1S/C8H9O2/c1-6-5-7(10-2)3-4-8(6)9/h3-5,9H,1H2,2H3. The topological polar surface area (TPSA) is 29.5 Å². The third-order valence-corrected chi connectivity index (χ3v) is 1.29. The second-order valence-corrected chi connectivity index (χ2v) is 1.99. The number of ether oxygens (including phenoxy) is 1. The van der Waals surface area contributed by atoms with Crippen LogP contribution in [0.5, 0.6) is 11.5 Å². The van der Waals surface area contributed by atoms with Gasteiger partial charge in [0.25, 0.3) is 0 Å². The van der Waals surface area contributed by atoms with Crippen LogP contribution in [-0.2, 0) is 0 Å². The van der Waals surface area contributed by atoms with Crippen LogP contribution in [0, 0.1) is 6.92 Å². The highest BCUT2D eigenvalue weighted by Crippen LogP contribution is 2.20. The molecule has 0 atom stereocenters. The van der Waals surface area contributed by atoms with E-state index in [9.17, 15) is 0 Å². The molecule has 0 aromatic heterocycles. The summed E-state index contributed by atoms with van der Waals surface area (Å²) < 4.78 is 4.90. The SMILES string of the molecule is [CH2]c1cc(OC)ccc1O. The van der Waals surface area contributed by atoms with Gasteiger partial charge in [-0.15, -0.1) is 0 Å². The molecule has 0 amide bonds. The first-order chi connectivity index (χ1) is 4.74. The summed E-state index contributed by atoms with van der Waals surface area (Å²) in [5.74, 6) is 0.906. The van der Waals surface area contributed by atoms with Gasteiger partial charge < -0.3 is 9.84 Å². The van der Waals surface area contributed by atoms with Gasteiger partial charge in [-0.25, -0.2) is 0 Å². The molecule has 0 bridgehead atoms. The third kappa shape index (κ3) is 1.21. The Hall–Kier alpha value is -1.18. The van der Waals surface area contributed by atoms with Crippen molar-refractivity contribution < 1.29 is 9.84 Å². The minimum absolute atomic E-state index is 0.195. The summed E-state index contributed by atoms with van der Waals surface area (Å²) in [6.45, 7) is 3.60. The Morgan fingerprint density at radius 3 is 2.70 bits per heavy atom. The molecule has 0 aliphatic rings. The minimum Gasteiger partial charge on any atom is -0.508 e. The molecule has 1 aromatic rings. The summed E-state index contributed by atoms with van der Waals surface area (Å²) in [5, 5.41) is 9.02. The zero-order valence-electron chi connectivity index (χ0n) is 5.79. The fourth-order valence-electron chi connectivity index (χ4n) is 0.689. The molecule has 0 spiro atoms. The average molecular weight is 137 g/mol. The van der Waals surface area contributed by atoms with E-state index in [1.54, 1.807) is 25.3 Å². The number of aromatic hydroxyl groups is 1. The van der Waals surface area contributed by atoms with Gasteiger partial charge in [0.1, 0.15) is 11.5 Å². The number of methoxy groups -OCH3 is 1. The Bertz CT molecular complexity index is 231. The van der Waals surface area contributed by atoms with Crippen molar-refractivity contribution >= 4 is 0 Å². The molecular weight excluding hydrogens is 128 g/mol. The van der Waals surface area contributed by atoms with Crippen LogP contribution in [-0.4, -0.2) is 12.2 Å². The van der Waals surface area contributed by atoms with E-state index in [-0.39, 0.29) is 5.75 Å². The summed E-state index contributed by atoms with van der Waals surface area (Å²) in [6, 6.07) is 4.92. The average Bonchev–Trinajstić information content (AvgIpc) is 1.95. The van der Waals surface area contributed by atoms with E-state index in [0.717, 1.165) is 0 Å². The smallest absolute Gasteiger partial charge is 0.119 e. The van der Waals surface area contributed by atoms with Crippen molar-refractivity contribution in [2.75, 3.05) is 7.11 Å². The summed E-state index contributed by atoms with van der Waals surface area (Å²) in [7, 11) is 1.58. The first-order valence-electron chi connectivity index (χ1n) is 2.93. The normalized spacial score (nSPS) is 9.40. The highest BCUT2D eigenvalue weighted by molar-refractivity contribution is 5.40. The van der Waals surface area contributed by atoms with Crippen LogP contribution in [0.2, 0.25) is 0 Å². The number of phenolic OH excluding ortho intramolecular Hbond substituents is 1. The van der Waals surface area contributed by atoms with E-state index in [1.165, 1.54) is 0 Å². The predicted molar refractivity (Wildman–Crippen MR) is 39.1 cm³/mol. The third-order valence-electron chi connectivity index (χ3n) is 1.29. The van der Waals surface area contributed by atoms with Crippen LogP contribution in [0.25, 0.3) is 0 Å². The van der Waals surface area contributed by atoms with Gasteiger partial charge in [0.15, 0.2) is 0 Å². The first-order valence-corrected chi connectivity index (χ1v) is 2.93. The van der Waals surface area contributed by atoms with E-state index < -0.39 is 0 Å². The van der Waals surface area contributed by atoms with Crippen molar-refractivity contribution in [1.82, 2.24) is 0 Å². The fourth-order valence-corrected chi connectivity index (χ4v) is 0.689. The van der Waals surface area contributed by atoms with Gasteiger partial charge in [-0.1, -0.05) is 0 Å². The highest BCUT2D eigenvalue weighted by Gasteiger charge is 1.95. The van der Waals surface area contributed by atoms with Gasteiger partial charge in [0.05, 0.1) is 7.11 Å². The van der Waals surface area contributed by atoms with Gasteiger partial charge in [-0.3, -0.25) is 0 Å². The Morgan fingerprint density at radius 1 is 1.50 bits per heavy atom. The summed E-state index contributed by atoms with van der Waals surface area (Å²) >= 11 is 0. The first kappa shape index (κ1) is 6.93. The lowest BCUT2D eigenvalue weighted by Crippen LogP contribution is -1.82. The monoisotopic (exact) mass is 137 g/mol. The van der Waals surface area contributed by atoms with Crippen molar-refractivity contribution in [2.24, 2.45) is 0 Å². The molecule has 0 heterocycles.